The highest BCUT2D eigenvalue weighted by atomic mass is 16.6. The van der Waals surface area contributed by atoms with E-state index < -0.39 is 59.6 Å². The molecule has 694 valence electrons. The quantitative estimate of drug-likeness (QED) is 0.0118. The molecule has 24 nitrogen and oxygen atoms in total. The maximum atomic E-state index is 14.1. The molecular weight excluding hydrogens is 1630 g/mol. The summed E-state index contributed by atoms with van der Waals surface area (Å²) >= 11 is 0. The summed E-state index contributed by atoms with van der Waals surface area (Å²) in [6.07, 6.45) is 43.9. The highest BCUT2D eigenvalue weighted by molar-refractivity contribution is 6.01. The van der Waals surface area contributed by atoms with E-state index in [1.807, 2.05) is 0 Å². The number of hydrogen-bond donors (Lipinski definition) is 2. The number of carbonyl (C=O) groups is 10. The van der Waals surface area contributed by atoms with Gasteiger partial charge < -0.3 is 67.5 Å². The van der Waals surface area contributed by atoms with Crippen molar-refractivity contribution < 1.29 is 105 Å². The van der Waals surface area contributed by atoms with Crippen molar-refractivity contribution >= 4 is 59.6 Å². The zero-order valence-corrected chi connectivity index (χ0v) is 75.2. The molecule has 2 amide bonds. The van der Waals surface area contributed by atoms with Gasteiger partial charge >= 0.3 is 47.8 Å². The Labute approximate surface area is 757 Å². The molecule has 0 saturated heterocycles. The highest BCUT2D eigenvalue weighted by Crippen LogP contribution is 2.31. The van der Waals surface area contributed by atoms with Gasteiger partial charge in [0.2, 0.25) is 0 Å². The van der Waals surface area contributed by atoms with Crippen molar-refractivity contribution in [3.05, 3.63) is 217 Å². The van der Waals surface area contributed by atoms with Crippen LogP contribution in [-0.4, -0.2) is 126 Å². The third kappa shape index (κ3) is 46.6. The monoisotopic (exact) mass is 1760 g/mol. The highest BCUT2D eigenvalue weighted by Gasteiger charge is 2.23. The number of amides is 2. The SMILES string of the molecule is C=CC(=O)OCCCCCCCCCCOc1ccc(C(=O)Oc2ccc(OC(=O)c3ccc(OCCCCCCCCCCOC(=O)C=C)cc3)c(C(=O)NCCCCCCCCCCNC(=O)c3cc(OC(=O)c4ccc(OCCCCCCCCCCOC(=O)C=C)cc4)ccc3OC(=O)c3ccc(OCCCCCCCCCCOC(=O)C=C)cc3)c2)cc1. The van der Waals surface area contributed by atoms with Gasteiger partial charge in [0.15, 0.2) is 0 Å². The van der Waals surface area contributed by atoms with Crippen LogP contribution in [0.3, 0.4) is 0 Å². The van der Waals surface area contributed by atoms with Crippen molar-refractivity contribution in [2.45, 2.75) is 257 Å². The first-order chi connectivity index (χ1) is 62.5. The molecule has 2 N–H and O–H groups in total. The largest absolute Gasteiger partial charge is 0.494 e. The molecule has 24 heteroatoms. The van der Waals surface area contributed by atoms with E-state index in [4.69, 9.17) is 56.8 Å². The van der Waals surface area contributed by atoms with E-state index in [2.05, 4.69) is 36.9 Å². The first-order valence-corrected chi connectivity index (χ1v) is 46.4. The van der Waals surface area contributed by atoms with Crippen molar-refractivity contribution in [1.82, 2.24) is 10.6 Å². The number of nitrogens with one attached hydrogen (secondary N) is 2. The summed E-state index contributed by atoms with van der Waals surface area (Å²) in [4.78, 5) is 128. The van der Waals surface area contributed by atoms with Gasteiger partial charge in [-0.2, -0.15) is 0 Å². The van der Waals surface area contributed by atoms with Gasteiger partial charge in [-0.15, -0.1) is 0 Å². The first-order valence-electron chi connectivity index (χ1n) is 46.4. The molecule has 6 rings (SSSR count). The topological polar surface area (TPSA) is 306 Å². The molecule has 6 aromatic carbocycles. The van der Waals surface area contributed by atoms with E-state index in [1.165, 1.54) is 60.7 Å². The second kappa shape index (κ2) is 66.6. The van der Waals surface area contributed by atoms with E-state index in [9.17, 15) is 47.9 Å². The number of esters is 8. The second-order valence-electron chi connectivity index (χ2n) is 31.5. The van der Waals surface area contributed by atoms with Gasteiger partial charge in [-0.05, 0) is 198 Å². The fourth-order valence-electron chi connectivity index (χ4n) is 13.7. The Bertz CT molecular complexity index is 4020. The zero-order chi connectivity index (χ0) is 91.5. The van der Waals surface area contributed by atoms with E-state index in [0.29, 0.717) is 102 Å². The van der Waals surface area contributed by atoms with E-state index >= 15 is 0 Å². The fourth-order valence-corrected chi connectivity index (χ4v) is 13.7. The second-order valence-corrected chi connectivity index (χ2v) is 31.5. The van der Waals surface area contributed by atoms with Gasteiger partial charge in [0.1, 0.15) is 46.0 Å². The van der Waals surface area contributed by atoms with Gasteiger partial charge in [0.05, 0.1) is 86.2 Å². The first kappa shape index (κ1) is 105. The van der Waals surface area contributed by atoms with Crippen LogP contribution in [0.4, 0.5) is 0 Å². The van der Waals surface area contributed by atoms with Crippen molar-refractivity contribution in [3.63, 3.8) is 0 Å². The number of unbranched alkanes of at least 4 members (excludes halogenated alkanes) is 35. The fraction of sp³-hybridized carbons (Fsp3) is 0.481. The Morgan fingerprint density at radius 3 is 0.625 bits per heavy atom. The molecule has 0 spiro atoms. The lowest BCUT2D eigenvalue weighted by molar-refractivity contribution is -0.138. The normalized spacial score (nSPS) is 10.8. The van der Waals surface area contributed by atoms with Gasteiger partial charge in [0, 0.05) is 37.4 Å². The summed E-state index contributed by atoms with van der Waals surface area (Å²) in [6.45, 7) is 18.0. The van der Waals surface area contributed by atoms with Crippen LogP contribution in [0.2, 0.25) is 0 Å². The molecule has 0 fully saturated rings. The Hall–Kier alpha value is -11.8. The van der Waals surface area contributed by atoms with Crippen molar-refractivity contribution in [2.24, 2.45) is 0 Å². The smallest absolute Gasteiger partial charge is 0.343 e. The van der Waals surface area contributed by atoms with Crippen molar-refractivity contribution in [3.8, 4) is 46.0 Å². The lowest BCUT2D eigenvalue weighted by Gasteiger charge is -2.13. The summed E-state index contributed by atoms with van der Waals surface area (Å²) in [5.41, 5.74) is 0.981. The average molecular weight is 1770 g/mol. The van der Waals surface area contributed by atoms with Crippen molar-refractivity contribution in [2.75, 3.05) is 65.9 Å². The van der Waals surface area contributed by atoms with Gasteiger partial charge in [-0.3, -0.25) is 9.59 Å². The summed E-state index contributed by atoms with van der Waals surface area (Å²) < 4.78 is 67.4. The molecule has 128 heavy (non-hydrogen) atoms. The van der Waals surface area contributed by atoms with Gasteiger partial charge in [-0.25, -0.2) is 38.4 Å². The summed E-state index contributed by atoms with van der Waals surface area (Å²) in [6, 6.07) is 35.1. The molecular formula is C104H136N2O22. The number of hydrogen-bond acceptors (Lipinski definition) is 22. The Kier molecular flexibility index (Phi) is 54.6. The maximum absolute atomic E-state index is 14.1. The third-order valence-electron chi connectivity index (χ3n) is 21.1. The summed E-state index contributed by atoms with van der Waals surface area (Å²) in [7, 11) is 0. The van der Waals surface area contributed by atoms with E-state index in [1.54, 1.807) is 97.1 Å². The van der Waals surface area contributed by atoms with Crippen LogP contribution in [0.15, 0.2) is 184 Å². The van der Waals surface area contributed by atoms with Crippen LogP contribution in [0, 0.1) is 0 Å². The number of benzene rings is 6. The molecule has 0 bridgehead atoms. The van der Waals surface area contributed by atoms with E-state index in [0.717, 1.165) is 244 Å². The molecule has 0 aliphatic carbocycles. The summed E-state index contributed by atoms with van der Waals surface area (Å²) in [5, 5.41) is 5.93. The van der Waals surface area contributed by atoms with Crippen LogP contribution in [0.5, 0.6) is 46.0 Å². The van der Waals surface area contributed by atoms with Gasteiger partial charge in [-0.1, -0.05) is 219 Å². The molecule has 0 aromatic heterocycles. The zero-order valence-electron chi connectivity index (χ0n) is 75.2. The van der Waals surface area contributed by atoms with E-state index in [-0.39, 0.29) is 56.4 Å². The number of carbonyl (C=O) groups excluding carboxylic acids is 10. The molecule has 6 aromatic rings. The molecule has 0 radical (unpaired) electrons. The predicted octanol–water partition coefficient (Wildman–Crippen LogP) is 22.8. The lowest BCUT2D eigenvalue weighted by Crippen LogP contribution is -2.25. The molecule has 0 aliphatic heterocycles. The molecule has 0 atom stereocenters. The Balaban J connectivity index is 0.960. The average Bonchev–Trinajstić information content (AvgIpc) is 0.823. The minimum Gasteiger partial charge on any atom is -0.494 e. The predicted molar refractivity (Wildman–Crippen MR) is 494 cm³/mol. The number of rotatable bonds is 73. The minimum atomic E-state index is -0.703. The standard InChI is InChI=1S/C104H136N2O22/c1-5-95(107)121-75-45-35-25-15-11-21-31-41-71-117-85-57-49-81(50-58-85)101(113)125-89-65-67-93(127-103(115)83-53-61-87(62-54-83)119-73-43-33-23-13-17-27-37-47-77-123-97(109)7-3)91(79-89)99(111)105-69-39-29-19-9-10-20-30-40-70-106-100(112)92-80-90(126-102(114)82-51-59-86(60-52-82)118-72-42-32-22-12-16-26-36-46-76-122-96(108)6-2)66-68-94(92)128-104(116)84-55-63-88(64-56-84)120-74-44-34-24-14-18-28-38-48-78-124-98(110)8-4/h5-8,49-68,79-80H,1-4,9-48,69-78H2,(H,105,111)(H,106,112). The maximum Gasteiger partial charge on any atom is 0.343 e. The summed E-state index contributed by atoms with van der Waals surface area (Å²) in [5.74, 6) is -2.86. The molecule has 0 unspecified atom stereocenters. The van der Waals surface area contributed by atoms with Crippen molar-refractivity contribution in [1.29, 1.82) is 0 Å². The van der Waals surface area contributed by atoms with Crippen LogP contribution >= 0.6 is 0 Å². The minimum absolute atomic E-state index is 0.00588. The molecule has 0 heterocycles. The van der Waals surface area contributed by atoms with Crippen LogP contribution in [-0.2, 0) is 38.1 Å². The van der Waals surface area contributed by atoms with Crippen LogP contribution in [0.25, 0.3) is 0 Å². The van der Waals surface area contributed by atoms with Gasteiger partial charge in [0.25, 0.3) is 11.8 Å². The molecule has 0 aliphatic rings. The lowest BCUT2D eigenvalue weighted by atomic mass is 10.1. The third-order valence-corrected chi connectivity index (χ3v) is 21.1. The van der Waals surface area contributed by atoms with Crippen LogP contribution in [0.1, 0.15) is 319 Å². The molecule has 0 saturated carbocycles. The Morgan fingerprint density at radius 1 is 0.219 bits per heavy atom. The number of ether oxygens (including phenoxy) is 12. The Morgan fingerprint density at radius 2 is 0.406 bits per heavy atom. The van der Waals surface area contributed by atoms with Crippen LogP contribution < -0.4 is 48.5 Å².